The largest absolute Gasteiger partial charge is 0.479 e. The van der Waals surface area contributed by atoms with E-state index in [1.165, 1.54) is 6.92 Å². The number of benzene rings is 1. The van der Waals surface area contributed by atoms with E-state index in [-0.39, 0.29) is 5.82 Å². The van der Waals surface area contributed by atoms with Crippen LogP contribution in [0.3, 0.4) is 0 Å². The first-order valence-corrected chi connectivity index (χ1v) is 8.98. The second-order valence-corrected chi connectivity index (χ2v) is 6.95. The third kappa shape index (κ3) is 2.74. The number of anilines is 2. The van der Waals surface area contributed by atoms with Crippen molar-refractivity contribution in [1.82, 2.24) is 4.98 Å². The summed E-state index contributed by atoms with van der Waals surface area (Å²) in [5, 5.41) is 19.0. The number of rotatable bonds is 4. The minimum absolute atomic E-state index is 0.209. The number of ether oxygens (including phenoxy) is 1. The molecule has 1 unspecified atom stereocenters. The van der Waals surface area contributed by atoms with E-state index in [4.69, 9.17) is 10.5 Å². The fraction of sp³-hybridized carbons (Fsp3) is 0.350. The number of nitrogens with zero attached hydrogens (tertiary/aromatic N) is 3. The molecule has 1 fully saturated rings. The Morgan fingerprint density at radius 2 is 2.11 bits per heavy atom. The molecule has 0 aliphatic carbocycles. The summed E-state index contributed by atoms with van der Waals surface area (Å²) in [5.74, 6) is -0.0883. The molecule has 0 amide bonds. The molecule has 2 bridgehead atoms. The number of aromatic nitrogens is 1. The molecule has 0 radical (unpaired) electrons. The molecule has 1 atom stereocenters. The molecule has 138 valence electrons. The number of hydrogen-bond donors (Lipinski definition) is 2. The summed E-state index contributed by atoms with van der Waals surface area (Å²) in [6.45, 7) is 3.30. The van der Waals surface area contributed by atoms with Crippen LogP contribution in [-0.4, -0.2) is 35.3 Å². The number of nitrogens with two attached hydrogens (primary N) is 1. The van der Waals surface area contributed by atoms with E-state index in [1.54, 1.807) is 12.1 Å². The summed E-state index contributed by atoms with van der Waals surface area (Å²) in [5.41, 5.74) is 9.67. The molecule has 7 nitrogen and oxygen atoms in total. The van der Waals surface area contributed by atoms with Crippen LogP contribution in [0.5, 0.6) is 5.75 Å². The molecular weight excluding hydrogens is 344 g/mol. The lowest BCUT2D eigenvalue weighted by atomic mass is 9.82. The van der Waals surface area contributed by atoms with Crippen molar-refractivity contribution >= 4 is 17.5 Å². The van der Waals surface area contributed by atoms with Crippen LogP contribution in [0.2, 0.25) is 0 Å². The van der Waals surface area contributed by atoms with E-state index in [9.17, 15) is 15.2 Å². The van der Waals surface area contributed by atoms with Crippen molar-refractivity contribution in [2.75, 3.05) is 23.7 Å². The highest BCUT2D eigenvalue weighted by Gasteiger charge is 2.36. The number of piperidine rings is 1. The molecular formula is C20H20N4O3. The Hall–Kier alpha value is -3.27. The zero-order valence-corrected chi connectivity index (χ0v) is 15.0. The topological polar surface area (TPSA) is 112 Å². The van der Waals surface area contributed by atoms with Gasteiger partial charge in [-0.05, 0) is 25.8 Å². The van der Waals surface area contributed by atoms with Crippen molar-refractivity contribution in [2.45, 2.75) is 31.8 Å². The molecule has 1 aromatic carbocycles. The molecule has 0 saturated carbocycles. The fourth-order valence-electron chi connectivity index (χ4n) is 3.99. The summed E-state index contributed by atoms with van der Waals surface area (Å²) in [4.78, 5) is 18.0. The number of carboxylic acid groups (broad SMARTS) is 1. The van der Waals surface area contributed by atoms with Gasteiger partial charge in [0.25, 0.3) is 0 Å². The van der Waals surface area contributed by atoms with E-state index >= 15 is 0 Å². The number of pyridine rings is 1. The standard InChI is InChI=1S/C20H20N4O3/c1-11(20(25)26)27-15-5-3-2-4-13(15)16-14(10-21)19(22)23-17-12-6-8-24(9-7-12)18(16)17/h2-5,11-12H,6-9H2,1H3,(H2,22,23)(H,25,26). The van der Waals surface area contributed by atoms with Crippen LogP contribution >= 0.6 is 0 Å². The molecule has 3 aliphatic rings. The number of carbonyl (C=O) groups is 1. The Balaban J connectivity index is 1.96. The Morgan fingerprint density at radius 1 is 1.41 bits per heavy atom. The number of fused-ring (bicyclic) bond motifs is 2. The summed E-state index contributed by atoms with van der Waals surface area (Å²) in [6, 6.07) is 9.37. The molecule has 27 heavy (non-hydrogen) atoms. The SMILES string of the molecule is CC(Oc1ccccc1-c1c(C#N)c(N)nc2c1N1CCC2CC1)C(=O)O. The number of nitriles is 1. The van der Waals surface area contributed by atoms with E-state index in [0.717, 1.165) is 37.3 Å². The van der Waals surface area contributed by atoms with Crippen LogP contribution in [0.4, 0.5) is 11.5 Å². The Morgan fingerprint density at radius 3 is 2.78 bits per heavy atom. The number of nitrogen functional groups attached to an aromatic ring is 1. The molecule has 1 aromatic heterocycles. The van der Waals surface area contributed by atoms with Gasteiger partial charge in [0.05, 0.1) is 11.4 Å². The third-order valence-electron chi connectivity index (χ3n) is 5.34. The highest BCUT2D eigenvalue weighted by molar-refractivity contribution is 5.91. The number of aliphatic carboxylic acids is 1. The van der Waals surface area contributed by atoms with Crippen LogP contribution in [0.15, 0.2) is 24.3 Å². The van der Waals surface area contributed by atoms with Crippen LogP contribution in [0, 0.1) is 11.3 Å². The first-order valence-electron chi connectivity index (χ1n) is 8.98. The lowest BCUT2D eigenvalue weighted by Gasteiger charge is -2.43. The minimum Gasteiger partial charge on any atom is -0.479 e. The maximum absolute atomic E-state index is 11.2. The van der Waals surface area contributed by atoms with Gasteiger partial charge in [-0.3, -0.25) is 0 Å². The highest BCUT2D eigenvalue weighted by Crippen LogP contribution is 2.50. The van der Waals surface area contributed by atoms with Crippen LogP contribution in [-0.2, 0) is 4.79 Å². The normalized spacial score (nSPS) is 16.5. The molecule has 3 aliphatic heterocycles. The molecule has 7 heteroatoms. The van der Waals surface area contributed by atoms with Gasteiger partial charge in [-0.2, -0.15) is 5.26 Å². The lowest BCUT2D eigenvalue weighted by Crippen LogP contribution is -2.40. The van der Waals surface area contributed by atoms with Crippen molar-refractivity contribution in [3.63, 3.8) is 0 Å². The van der Waals surface area contributed by atoms with Crippen molar-refractivity contribution in [2.24, 2.45) is 0 Å². The number of hydrogen-bond acceptors (Lipinski definition) is 6. The molecule has 2 aromatic rings. The van der Waals surface area contributed by atoms with E-state index in [2.05, 4.69) is 16.0 Å². The van der Waals surface area contributed by atoms with Crippen LogP contribution in [0.1, 0.15) is 36.9 Å². The smallest absolute Gasteiger partial charge is 0.344 e. The molecule has 3 N–H and O–H groups in total. The zero-order valence-electron chi connectivity index (χ0n) is 15.0. The van der Waals surface area contributed by atoms with Gasteiger partial charge >= 0.3 is 5.97 Å². The highest BCUT2D eigenvalue weighted by atomic mass is 16.5. The van der Waals surface area contributed by atoms with E-state index in [1.807, 2.05) is 12.1 Å². The summed E-state index contributed by atoms with van der Waals surface area (Å²) in [7, 11) is 0. The first-order chi connectivity index (χ1) is 13.0. The van der Waals surface area contributed by atoms with Crippen molar-refractivity contribution < 1.29 is 14.6 Å². The Bertz CT molecular complexity index is 958. The zero-order chi connectivity index (χ0) is 19.1. The van der Waals surface area contributed by atoms with Gasteiger partial charge in [-0.25, -0.2) is 9.78 Å². The van der Waals surface area contributed by atoms with E-state index < -0.39 is 12.1 Å². The quantitative estimate of drug-likeness (QED) is 0.857. The van der Waals surface area contributed by atoms with Gasteiger partial charge in [0, 0.05) is 30.1 Å². The first kappa shape index (κ1) is 17.2. The molecule has 0 spiro atoms. The predicted molar refractivity (Wildman–Crippen MR) is 101 cm³/mol. The monoisotopic (exact) mass is 364 g/mol. The van der Waals surface area contributed by atoms with Gasteiger partial charge in [-0.1, -0.05) is 18.2 Å². The number of carboxylic acids is 1. The molecule has 4 heterocycles. The van der Waals surface area contributed by atoms with Crippen molar-refractivity contribution in [1.29, 1.82) is 5.26 Å². The fourth-order valence-corrected chi connectivity index (χ4v) is 3.99. The predicted octanol–water partition coefficient (Wildman–Crippen LogP) is 2.75. The van der Waals surface area contributed by atoms with Gasteiger partial charge in [0.2, 0.25) is 0 Å². The third-order valence-corrected chi connectivity index (χ3v) is 5.34. The number of para-hydroxylation sites is 1. The van der Waals surface area contributed by atoms with Crippen LogP contribution < -0.4 is 15.4 Å². The summed E-state index contributed by atoms with van der Waals surface area (Å²) >= 11 is 0. The summed E-state index contributed by atoms with van der Waals surface area (Å²) < 4.78 is 5.68. The molecule has 5 rings (SSSR count). The minimum atomic E-state index is -1.05. The van der Waals surface area contributed by atoms with Crippen molar-refractivity contribution in [3.8, 4) is 22.9 Å². The van der Waals surface area contributed by atoms with Crippen LogP contribution in [0.25, 0.3) is 11.1 Å². The van der Waals surface area contributed by atoms with E-state index in [0.29, 0.717) is 28.4 Å². The van der Waals surface area contributed by atoms with Gasteiger partial charge < -0.3 is 20.5 Å². The Kier molecular flexibility index (Phi) is 4.11. The summed E-state index contributed by atoms with van der Waals surface area (Å²) in [6.07, 6.45) is 1.04. The van der Waals surface area contributed by atoms with Crippen molar-refractivity contribution in [3.05, 3.63) is 35.5 Å². The second-order valence-electron chi connectivity index (χ2n) is 6.95. The average Bonchev–Trinajstić information content (AvgIpc) is 2.68. The average molecular weight is 364 g/mol. The maximum Gasteiger partial charge on any atom is 0.344 e. The van der Waals surface area contributed by atoms with Gasteiger partial charge in [-0.15, -0.1) is 0 Å². The molecule has 1 saturated heterocycles. The van der Waals surface area contributed by atoms with Gasteiger partial charge in [0.1, 0.15) is 23.2 Å². The Labute approximate surface area is 157 Å². The second kappa shape index (κ2) is 6.47. The lowest BCUT2D eigenvalue weighted by molar-refractivity contribution is -0.144. The maximum atomic E-state index is 11.2. The van der Waals surface area contributed by atoms with Gasteiger partial charge in [0.15, 0.2) is 6.10 Å².